The minimum atomic E-state index is -0.164. The first-order valence-corrected chi connectivity index (χ1v) is 14.5. The summed E-state index contributed by atoms with van der Waals surface area (Å²) in [6.45, 7) is 6.97. The second-order valence-corrected chi connectivity index (χ2v) is 11.9. The van der Waals surface area contributed by atoms with Crippen LogP contribution < -0.4 is 14.8 Å². The summed E-state index contributed by atoms with van der Waals surface area (Å²) in [6.07, 6.45) is 3.36. The molecule has 224 valence electrons. The molecule has 43 heavy (non-hydrogen) atoms. The zero-order chi connectivity index (χ0) is 30.6. The van der Waals surface area contributed by atoms with E-state index in [1.54, 1.807) is 25.4 Å². The molecule has 0 aliphatic carbocycles. The van der Waals surface area contributed by atoms with Gasteiger partial charge in [0.2, 0.25) is 0 Å². The molecule has 2 aromatic carbocycles. The number of aromatic nitrogens is 1. The number of nitriles is 1. The van der Waals surface area contributed by atoms with Crippen molar-refractivity contribution >= 4 is 17.0 Å². The van der Waals surface area contributed by atoms with E-state index < -0.39 is 0 Å². The molecule has 1 amide bonds. The summed E-state index contributed by atoms with van der Waals surface area (Å²) < 4.78 is 23.6. The molecule has 1 aliphatic rings. The van der Waals surface area contributed by atoms with E-state index in [1.807, 2.05) is 50.5 Å². The molecule has 0 bridgehead atoms. The molecule has 1 aliphatic heterocycles. The zero-order valence-electron chi connectivity index (χ0n) is 25.4. The Labute approximate surface area is 252 Å². The van der Waals surface area contributed by atoms with Crippen molar-refractivity contribution in [3.05, 3.63) is 65.9 Å². The fraction of sp³-hybridized carbons (Fsp3) is 0.382. The second-order valence-electron chi connectivity index (χ2n) is 11.9. The molecule has 1 fully saturated rings. The van der Waals surface area contributed by atoms with Gasteiger partial charge < -0.3 is 28.8 Å². The van der Waals surface area contributed by atoms with E-state index in [-0.39, 0.29) is 17.4 Å². The third-order valence-electron chi connectivity index (χ3n) is 7.49. The number of ether oxygens (including phenoxy) is 3. The van der Waals surface area contributed by atoms with Crippen LogP contribution in [0.1, 0.15) is 42.6 Å². The average molecular weight is 583 g/mol. The number of carbonyl (C=O) groups excluding carboxylic acids is 1. The third-order valence-corrected chi connectivity index (χ3v) is 7.49. The lowest BCUT2D eigenvalue weighted by atomic mass is 9.93. The van der Waals surface area contributed by atoms with Crippen LogP contribution in [-0.2, 0) is 4.74 Å². The number of benzene rings is 2. The summed E-state index contributed by atoms with van der Waals surface area (Å²) in [5.41, 5.74) is 4.47. The van der Waals surface area contributed by atoms with Gasteiger partial charge in [0, 0.05) is 49.3 Å². The van der Waals surface area contributed by atoms with E-state index in [1.165, 1.54) is 0 Å². The molecule has 9 heteroatoms. The van der Waals surface area contributed by atoms with Crippen LogP contribution in [0.25, 0.3) is 33.6 Å². The quantitative estimate of drug-likeness (QED) is 0.246. The van der Waals surface area contributed by atoms with E-state index in [2.05, 4.69) is 35.1 Å². The first-order valence-electron chi connectivity index (χ1n) is 14.5. The number of amides is 1. The van der Waals surface area contributed by atoms with Crippen molar-refractivity contribution in [3.8, 4) is 40.0 Å². The van der Waals surface area contributed by atoms with Gasteiger partial charge in [-0.1, -0.05) is 19.9 Å². The largest absolute Gasteiger partial charge is 0.496 e. The fourth-order valence-electron chi connectivity index (χ4n) is 5.53. The van der Waals surface area contributed by atoms with Crippen molar-refractivity contribution in [3.63, 3.8) is 0 Å². The number of carbonyl (C=O) groups is 1. The Hall–Kier alpha value is -4.39. The molecule has 0 saturated carbocycles. The second kappa shape index (κ2) is 12.9. The Balaban J connectivity index is 1.40. The van der Waals surface area contributed by atoms with Gasteiger partial charge in [-0.3, -0.25) is 9.78 Å². The van der Waals surface area contributed by atoms with Gasteiger partial charge in [-0.25, -0.2) is 0 Å². The maximum absolute atomic E-state index is 13.0. The summed E-state index contributed by atoms with van der Waals surface area (Å²) in [5.74, 6) is 1.48. The van der Waals surface area contributed by atoms with Crippen molar-refractivity contribution in [2.24, 2.45) is 5.41 Å². The van der Waals surface area contributed by atoms with Crippen LogP contribution in [0.4, 0.5) is 0 Å². The third kappa shape index (κ3) is 6.99. The van der Waals surface area contributed by atoms with Crippen molar-refractivity contribution in [1.29, 1.82) is 5.26 Å². The summed E-state index contributed by atoms with van der Waals surface area (Å²) in [6, 6.07) is 16.9. The predicted molar refractivity (Wildman–Crippen MR) is 165 cm³/mol. The van der Waals surface area contributed by atoms with Crippen LogP contribution in [0, 0.1) is 16.7 Å². The number of fused-ring (bicyclic) bond motifs is 1. The van der Waals surface area contributed by atoms with Gasteiger partial charge in [0.1, 0.15) is 34.9 Å². The molecule has 0 radical (unpaired) electrons. The highest BCUT2D eigenvalue weighted by Gasteiger charge is 2.22. The van der Waals surface area contributed by atoms with Crippen LogP contribution in [-0.4, -0.2) is 69.4 Å². The number of nitrogens with zero attached hydrogens (tertiary/aromatic N) is 3. The van der Waals surface area contributed by atoms with Gasteiger partial charge in [0.05, 0.1) is 31.5 Å². The van der Waals surface area contributed by atoms with Crippen molar-refractivity contribution in [1.82, 2.24) is 15.2 Å². The fourth-order valence-corrected chi connectivity index (χ4v) is 5.53. The van der Waals surface area contributed by atoms with Crippen LogP contribution in [0.5, 0.6) is 11.5 Å². The Morgan fingerprint density at radius 3 is 2.60 bits per heavy atom. The van der Waals surface area contributed by atoms with E-state index in [9.17, 15) is 10.1 Å². The molecule has 3 heterocycles. The SMILES string of the molecule is COc1cc(C(=O)NCC(C)(C)CN(C)C)ccc1-c1cc2nccc(-c3ccc(OC4CCOCC4)c(C#N)c3)c2o1. The summed E-state index contributed by atoms with van der Waals surface area (Å²) in [5, 5.41) is 12.9. The molecule has 4 aromatic rings. The number of methoxy groups -OCH3 is 1. The first-order chi connectivity index (χ1) is 20.7. The highest BCUT2D eigenvalue weighted by atomic mass is 16.5. The topological polar surface area (TPSA) is 110 Å². The Bertz CT molecular complexity index is 1650. The van der Waals surface area contributed by atoms with Crippen LogP contribution in [0.2, 0.25) is 0 Å². The lowest BCUT2D eigenvalue weighted by Gasteiger charge is -2.28. The molecule has 0 spiro atoms. The highest BCUT2D eigenvalue weighted by Crippen LogP contribution is 2.38. The van der Waals surface area contributed by atoms with E-state index in [0.717, 1.165) is 30.5 Å². The number of pyridine rings is 1. The van der Waals surface area contributed by atoms with Gasteiger partial charge in [0.15, 0.2) is 5.58 Å². The Kier molecular flexibility index (Phi) is 9.00. The Morgan fingerprint density at radius 1 is 1.09 bits per heavy atom. The minimum absolute atomic E-state index is 0.0364. The lowest BCUT2D eigenvalue weighted by Crippen LogP contribution is -2.39. The molecule has 0 unspecified atom stereocenters. The van der Waals surface area contributed by atoms with Crippen molar-refractivity contribution < 1.29 is 23.4 Å². The zero-order valence-corrected chi connectivity index (χ0v) is 25.4. The van der Waals surface area contributed by atoms with Gasteiger partial charge in [-0.05, 0) is 61.5 Å². The molecule has 2 aromatic heterocycles. The van der Waals surface area contributed by atoms with E-state index in [4.69, 9.17) is 18.6 Å². The highest BCUT2D eigenvalue weighted by molar-refractivity contribution is 5.96. The van der Waals surface area contributed by atoms with Gasteiger partial charge in [0.25, 0.3) is 5.91 Å². The lowest BCUT2D eigenvalue weighted by molar-refractivity contribution is 0.0254. The Morgan fingerprint density at radius 2 is 1.88 bits per heavy atom. The predicted octanol–water partition coefficient (Wildman–Crippen LogP) is 5.92. The van der Waals surface area contributed by atoms with Crippen LogP contribution >= 0.6 is 0 Å². The van der Waals surface area contributed by atoms with Crippen LogP contribution in [0.3, 0.4) is 0 Å². The van der Waals surface area contributed by atoms with E-state index in [0.29, 0.717) is 64.8 Å². The smallest absolute Gasteiger partial charge is 0.251 e. The van der Waals surface area contributed by atoms with Crippen molar-refractivity contribution in [2.45, 2.75) is 32.8 Å². The molecular formula is C34H38N4O5. The minimum Gasteiger partial charge on any atom is -0.496 e. The van der Waals surface area contributed by atoms with Crippen LogP contribution in [0.15, 0.2) is 59.1 Å². The average Bonchev–Trinajstić information content (AvgIpc) is 3.44. The molecule has 9 nitrogen and oxygen atoms in total. The maximum Gasteiger partial charge on any atom is 0.251 e. The maximum atomic E-state index is 13.0. The standard InChI is InChI=1S/C34H38N4O5/c1-34(2,21-38(3)4)20-37-33(39)23-6-8-27(30(17-23)40-5)31-18-28-32(43-31)26(10-13-36-28)22-7-9-29(24(16-22)19-35)42-25-11-14-41-15-12-25/h6-10,13,16-18,25H,11-12,14-15,20-21H2,1-5H3,(H,37,39). The molecule has 1 N–H and O–H groups in total. The molecular weight excluding hydrogens is 544 g/mol. The van der Waals surface area contributed by atoms with Crippen molar-refractivity contribution in [2.75, 3.05) is 47.5 Å². The molecule has 0 atom stereocenters. The number of nitrogens with one attached hydrogen (secondary N) is 1. The first kappa shape index (κ1) is 30.1. The number of rotatable bonds is 10. The number of hydrogen-bond donors (Lipinski definition) is 1. The normalized spacial score (nSPS) is 14.1. The molecule has 5 rings (SSSR count). The van der Waals surface area contributed by atoms with Gasteiger partial charge >= 0.3 is 0 Å². The van der Waals surface area contributed by atoms with Gasteiger partial charge in [-0.2, -0.15) is 5.26 Å². The number of furan rings is 1. The van der Waals surface area contributed by atoms with E-state index >= 15 is 0 Å². The summed E-state index contributed by atoms with van der Waals surface area (Å²) >= 11 is 0. The number of hydrogen-bond acceptors (Lipinski definition) is 8. The molecule has 1 saturated heterocycles. The van der Waals surface area contributed by atoms with Gasteiger partial charge in [-0.15, -0.1) is 0 Å². The monoisotopic (exact) mass is 582 g/mol. The summed E-state index contributed by atoms with van der Waals surface area (Å²) in [7, 11) is 5.61. The summed E-state index contributed by atoms with van der Waals surface area (Å²) in [4.78, 5) is 19.6.